The fraction of sp³-hybridized carbons (Fsp3) is 0.333. The first-order chi connectivity index (χ1) is 8.34. The van der Waals surface area contributed by atoms with Crippen LogP contribution in [0.3, 0.4) is 0 Å². The Labute approximate surface area is 104 Å². The van der Waals surface area contributed by atoms with Crippen LogP contribution in [-0.4, -0.2) is 33.3 Å². The fourth-order valence-electron chi connectivity index (χ4n) is 1.75. The number of primary amides is 1. The van der Waals surface area contributed by atoms with Gasteiger partial charge in [0.25, 0.3) is 0 Å². The van der Waals surface area contributed by atoms with Gasteiger partial charge in [-0.2, -0.15) is 0 Å². The van der Waals surface area contributed by atoms with Gasteiger partial charge in [0.05, 0.1) is 18.1 Å². The van der Waals surface area contributed by atoms with Gasteiger partial charge < -0.3 is 21.1 Å². The Morgan fingerprint density at radius 2 is 1.94 bits per heavy atom. The summed E-state index contributed by atoms with van der Waals surface area (Å²) in [6.07, 6.45) is -3.33. The minimum atomic E-state index is -1.47. The minimum absolute atomic E-state index is 0.0660. The zero-order valence-electron chi connectivity index (χ0n) is 9.83. The molecule has 1 aromatic rings. The molecule has 0 aliphatic rings. The van der Waals surface area contributed by atoms with Gasteiger partial charge in [-0.15, -0.1) is 0 Å². The van der Waals surface area contributed by atoms with E-state index in [1.165, 1.54) is 6.07 Å². The van der Waals surface area contributed by atoms with E-state index in [-0.39, 0.29) is 11.1 Å². The molecule has 0 spiro atoms. The van der Waals surface area contributed by atoms with Crippen LogP contribution in [0.1, 0.15) is 34.0 Å². The van der Waals surface area contributed by atoms with Crippen molar-refractivity contribution in [2.45, 2.75) is 25.6 Å². The number of carbonyl (C=O) groups is 2. The molecule has 1 aromatic carbocycles. The van der Waals surface area contributed by atoms with Gasteiger partial charge in [-0.05, 0) is 18.1 Å². The van der Waals surface area contributed by atoms with Crippen molar-refractivity contribution in [1.82, 2.24) is 0 Å². The number of nitrogens with two attached hydrogens (primary N) is 1. The lowest BCUT2D eigenvalue weighted by molar-refractivity contribution is -0.121. The third kappa shape index (κ3) is 3.06. The number of aliphatic hydroxyl groups excluding tert-OH is 2. The third-order valence-electron chi connectivity index (χ3n) is 2.61. The molecule has 0 radical (unpaired) electrons. The molecule has 6 nitrogen and oxygen atoms in total. The number of carboxylic acid groups (broad SMARTS) is 1. The van der Waals surface area contributed by atoms with Gasteiger partial charge >= 0.3 is 5.97 Å². The van der Waals surface area contributed by atoms with Crippen LogP contribution in [0, 0.1) is 6.92 Å². The zero-order chi connectivity index (χ0) is 13.9. The number of benzene rings is 1. The van der Waals surface area contributed by atoms with Crippen molar-refractivity contribution in [2.75, 3.05) is 0 Å². The molecule has 1 amide bonds. The van der Waals surface area contributed by atoms with Crippen molar-refractivity contribution >= 4 is 11.9 Å². The molecule has 0 aromatic heterocycles. The van der Waals surface area contributed by atoms with Crippen molar-refractivity contribution in [2.24, 2.45) is 5.73 Å². The van der Waals surface area contributed by atoms with Gasteiger partial charge in [-0.1, -0.05) is 18.2 Å². The topological polar surface area (TPSA) is 121 Å². The second-order valence-corrected chi connectivity index (χ2v) is 4.03. The first-order valence-electron chi connectivity index (χ1n) is 5.31. The zero-order valence-corrected chi connectivity index (χ0v) is 9.83. The van der Waals surface area contributed by atoms with E-state index in [9.17, 15) is 19.8 Å². The molecular weight excluding hydrogens is 238 g/mol. The summed E-state index contributed by atoms with van der Waals surface area (Å²) in [5.74, 6) is -1.97. The summed E-state index contributed by atoms with van der Waals surface area (Å²) in [4.78, 5) is 21.8. The Balaban J connectivity index is 3.12. The lowest BCUT2D eigenvalue weighted by Gasteiger charge is -2.19. The average Bonchev–Trinajstić information content (AvgIpc) is 2.26. The van der Waals surface area contributed by atoms with Gasteiger partial charge in [0.15, 0.2) is 0 Å². The van der Waals surface area contributed by atoms with E-state index in [1.807, 2.05) is 0 Å². The third-order valence-corrected chi connectivity index (χ3v) is 2.61. The highest BCUT2D eigenvalue weighted by atomic mass is 16.4. The molecule has 0 heterocycles. The van der Waals surface area contributed by atoms with E-state index in [0.29, 0.717) is 5.56 Å². The van der Waals surface area contributed by atoms with Crippen LogP contribution in [0.4, 0.5) is 0 Å². The SMILES string of the molecule is Cc1cccc(C(O)C(O)CC(N)=O)c1C(=O)O. The molecule has 0 aliphatic heterocycles. The Hall–Kier alpha value is -1.92. The van der Waals surface area contributed by atoms with Crippen molar-refractivity contribution in [1.29, 1.82) is 0 Å². The van der Waals surface area contributed by atoms with E-state index in [1.54, 1.807) is 19.1 Å². The Kier molecular flexibility index (Phi) is 4.41. The second-order valence-electron chi connectivity index (χ2n) is 4.03. The number of aliphatic hydroxyl groups is 2. The number of hydrogen-bond donors (Lipinski definition) is 4. The summed E-state index contributed by atoms with van der Waals surface area (Å²) in [5, 5.41) is 28.5. The molecule has 98 valence electrons. The molecule has 6 heteroatoms. The minimum Gasteiger partial charge on any atom is -0.478 e. The summed E-state index contributed by atoms with van der Waals surface area (Å²) in [6, 6.07) is 4.54. The molecular formula is C12H15NO5. The summed E-state index contributed by atoms with van der Waals surface area (Å²) >= 11 is 0. The monoisotopic (exact) mass is 253 g/mol. The van der Waals surface area contributed by atoms with Crippen LogP contribution >= 0.6 is 0 Å². The first kappa shape index (κ1) is 14.1. The molecule has 2 atom stereocenters. The Morgan fingerprint density at radius 3 is 2.44 bits per heavy atom. The van der Waals surface area contributed by atoms with Crippen LogP contribution in [-0.2, 0) is 4.79 Å². The predicted molar refractivity (Wildman–Crippen MR) is 62.9 cm³/mol. The smallest absolute Gasteiger partial charge is 0.336 e. The molecule has 0 bridgehead atoms. The molecule has 0 aliphatic carbocycles. The number of rotatable bonds is 5. The summed E-state index contributed by atoms with van der Waals surface area (Å²) < 4.78 is 0. The molecule has 0 saturated heterocycles. The molecule has 0 fully saturated rings. The highest BCUT2D eigenvalue weighted by Gasteiger charge is 2.25. The number of amides is 1. The molecule has 1 rings (SSSR count). The maximum absolute atomic E-state index is 11.1. The van der Waals surface area contributed by atoms with Crippen LogP contribution in [0.25, 0.3) is 0 Å². The van der Waals surface area contributed by atoms with Crippen molar-refractivity contribution in [3.05, 3.63) is 34.9 Å². The van der Waals surface area contributed by atoms with Gasteiger partial charge in [0.1, 0.15) is 6.10 Å². The Bertz CT molecular complexity index is 472. The van der Waals surface area contributed by atoms with Crippen LogP contribution < -0.4 is 5.73 Å². The highest BCUT2D eigenvalue weighted by molar-refractivity contribution is 5.91. The summed E-state index contributed by atoms with van der Waals surface area (Å²) in [5.41, 5.74) is 5.36. The van der Waals surface area contributed by atoms with Crippen LogP contribution in [0.5, 0.6) is 0 Å². The fourth-order valence-corrected chi connectivity index (χ4v) is 1.75. The number of aryl methyl sites for hydroxylation is 1. The average molecular weight is 253 g/mol. The van der Waals surface area contributed by atoms with Crippen molar-refractivity contribution < 1.29 is 24.9 Å². The highest BCUT2D eigenvalue weighted by Crippen LogP contribution is 2.25. The van der Waals surface area contributed by atoms with Crippen LogP contribution in [0.2, 0.25) is 0 Å². The van der Waals surface area contributed by atoms with Gasteiger partial charge in [0.2, 0.25) is 5.91 Å². The Morgan fingerprint density at radius 1 is 1.33 bits per heavy atom. The van der Waals surface area contributed by atoms with Gasteiger partial charge in [-0.3, -0.25) is 4.79 Å². The normalized spacial score (nSPS) is 13.9. The van der Waals surface area contributed by atoms with Gasteiger partial charge in [0, 0.05) is 0 Å². The number of aromatic carboxylic acids is 1. The number of carbonyl (C=O) groups excluding carboxylic acids is 1. The quantitative estimate of drug-likeness (QED) is 0.587. The lowest BCUT2D eigenvalue weighted by atomic mass is 9.94. The number of carboxylic acids is 1. The van der Waals surface area contributed by atoms with Crippen molar-refractivity contribution in [3.63, 3.8) is 0 Å². The first-order valence-corrected chi connectivity index (χ1v) is 5.31. The maximum Gasteiger partial charge on any atom is 0.336 e. The van der Waals surface area contributed by atoms with E-state index in [2.05, 4.69) is 0 Å². The number of hydrogen-bond acceptors (Lipinski definition) is 4. The predicted octanol–water partition coefficient (Wildman–Crippen LogP) is -0.0371. The molecule has 5 N–H and O–H groups in total. The van der Waals surface area contributed by atoms with Crippen molar-refractivity contribution in [3.8, 4) is 0 Å². The summed E-state index contributed by atoms with van der Waals surface area (Å²) in [6.45, 7) is 1.58. The van der Waals surface area contributed by atoms with E-state index in [4.69, 9.17) is 10.8 Å². The van der Waals surface area contributed by atoms with Crippen LogP contribution in [0.15, 0.2) is 18.2 Å². The standard InChI is InChI=1S/C12H15NO5/c1-6-3-2-4-7(10(6)12(17)18)11(16)8(14)5-9(13)15/h2-4,8,11,14,16H,5H2,1H3,(H2,13,15)(H,17,18). The molecule has 2 unspecified atom stereocenters. The van der Waals surface area contributed by atoms with Gasteiger partial charge in [-0.25, -0.2) is 4.79 Å². The second kappa shape index (κ2) is 5.61. The summed E-state index contributed by atoms with van der Waals surface area (Å²) in [7, 11) is 0. The molecule has 0 saturated carbocycles. The lowest BCUT2D eigenvalue weighted by Crippen LogP contribution is -2.27. The molecule has 18 heavy (non-hydrogen) atoms. The van der Waals surface area contributed by atoms with E-state index >= 15 is 0 Å². The maximum atomic E-state index is 11.1. The largest absolute Gasteiger partial charge is 0.478 e. The van der Waals surface area contributed by atoms with E-state index in [0.717, 1.165) is 0 Å². The van der Waals surface area contributed by atoms with E-state index < -0.39 is 30.5 Å².